The van der Waals surface area contributed by atoms with Gasteiger partial charge in [0, 0.05) is 12.1 Å². The summed E-state index contributed by atoms with van der Waals surface area (Å²) in [5.74, 6) is 1.63. The van der Waals surface area contributed by atoms with E-state index in [1.165, 1.54) is 0 Å². The molecule has 0 aliphatic rings. The fourth-order valence-corrected chi connectivity index (χ4v) is 2.00. The molecule has 2 aromatic rings. The van der Waals surface area contributed by atoms with E-state index in [-0.39, 0.29) is 0 Å². The molecule has 0 bridgehead atoms. The molecule has 1 aromatic carbocycles. The largest absolute Gasteiger partial charge is 0.496 e. The topological polar surface area (TPSA) is 47.0 Å². The Morgan fingerprint density at radius 1 is 1.10 bits per heavy atom. The van der Waals surface area contributed by atoms with Crippen molar-refractivity contribution >= 4 is 5.82 Å². The molecule has 0 spiro atoms. The minimum Gasteiger partial charge on any atom is -0.496 e. The summed E-state index contributed by atoms with van der Waals surface area (Å²) in [6.45, 7) is 6.96. The molecule has 0 unspecified atom stereocenters. The number of anilines is 1. The molecule has 2 rings (SSSR count). The summed E-state index contributed by atoms with van der Waals surface area (Å²) in [5, 5.41) is 3.35. The third kappa shape index (κ3) is 2.90. The summed E-state index contributed by atoms with van der Waals surface area (Å²) in [5.41, 5.74) is 3.69. The zero-order valence-corrected chi connectivity index (χ0v) is 12.5. The van der Waals surface area contributed by atoms with E-state index in [9.17, 15) is 0 Å². The first-order chi connectivity index (χ1) is 9.67. The first kappa shape index (κ1) is 14.3. The van der Waals surface area contributed by atoms with Crippen LogP contribution >= 0.6 is 0 Å². The van der Waals surface area contributed by atoms with Crippen molar-refractivity contribution in [2.75, 3.05) is 19.0 Å². The van der Waals surface area contributed by atoms with Crippen LogP contribution in [0.4, 0.5) is 5.82 Å². The zero-order chi connectivity index (χ0) is 14.5. The molecule has 4 nitrogen and oxygen atoms in total. The van der Waals surface area contributed by atoms with Gasteiger partial charge < -0.3 is 10.1 Å². The van der Waals surface area contributed by atoms with E-state index in [2.05, 4.69) is 17.2 Å². The number of rotatable bonds is 5. The number of nitrogens with one attached hydrogen (secondary N) is 1. The summed E-state index contributed by atoms with van der Waals surface area (Å²) in [7, 11) is 1.67. The van der Waals surface area contributed by atoms with Crippen molar-refractivity contribution in [3.63, 3.8) is 0 Å². The number of aromatic nitrogens is 2. The monoisotopic (exact) mass is 271 g/mol. The maximum atomic E-state index is 5.43. The number of aryl methyl sites for hydroxylation is 2. The number of hydrogen-bond donors (Lipinski definition) is 1. The first-order valence-corrected chi connectivity index (χ1v) is 6.89. The van der Waals surface area contributed by atoms with E-state index >= 15 is 0 Å². The number of benzene rings is 1. The Bertz CT molecular complexity index is 596. The van der Waals surface area contributed by atoms with E-state index in [0.717, 1.165) is 47.2 Å². The first-order valence-electron chi connectivity index (χ1n) is 6.89. The SMILES string of the molecule is CCCNc1nc(C)c(C)nc1-c1ccccc1OC. The highest BCUT2D eigenvalue weighted by molar-refractivity contribution is 5.76. The average molecular weight is 271 g/mol. The molecule has 1 aromatic heterocycles. The van der Waals surface area contributed by atoms with Gasteiger partial charge in [-0.1, -0.05) is 19.1 Å². The summed E-state index contributed by atoms with van der Waals surface area (Å²) in [4.78, 5) is 9.33. The Morgan fingerprint density at radius 2 is 1.80 bits per heavy atom. The molecule has 4 heteroatoms. The Morgan fingerprint density at radius 3 is 2.50 bits per heavy atom. The molecule has 1 heterocycles. The van der Waals surface area contributed by atoms with E-state index in [0.29, 0.717) is 0 Å². The lowest BCUT2D eigenvalue weighted by Crippen LogP contribution is -2.08. The van der Waals surface area contributed by atoms with Crippen molar-refractivity contribution in [1.29, 1.82) is 0 Å². The van der Waals surface area contributed by atoms with Gasteiger partial charge in [0.25, 0.3) is 0 Å². The van der Waals surface area contributed by atoms with Gasteiger partial charge in [-0.2, -0.15) is 0 Å². The van der Waals surface area contributed by atoms with Crippen LogP contribution in [-0.4, -0.2) is 23.6 Å². The lowest BCUT2D eigenvalue weighted by atomic mass is 10.1. The van der Waals surface area contributed by atoms with Gasteiger partial charge in [0.2, 0.25) is 0 Å². The predicted molar refractivity (Wildman–Crippen MR) is 82.3 cm³/mol. The molecule has 0 saturated carbocycles. The van der Waals surface area contributed by atoms with Crippen LogP contribution < -0.4 is 10.1 Å². The van der Waals surface area contributed by atoms with Gasteiger partial charge in [0.15, 0.2) is 5.82 Å². The Kier molecular flexibility index (Phi) is 4.56. The normalized spacial score (nSPS) is 10.4. The predicted octanol–water partition coefficient (Wildman–Crippen LogP) is 3.59. The van der Waals surface area contributed by atoms with Gasteiger partial charge >= 0.3 is 0 Å². The zero-order valence-electron chi connectivity index (χ0n) is 12.5. The van der Waals surface area contributed by atoms with E-state index < -0.39 is 0 Å². The van der Waals surface area contributed by atoms with Crippen LogP contribution in [0.25, 0.3) is 11.3 Å². The van der Waals surface area contributed by atoms with Gasteiger partial charge in [-0.15, -0.1) is 0 Å². The lowest BCUT2D eigenvalue weighted by Gasteiger charge is -2.14. The van der Waals surface area contributed by atoms with Crippen LogP contribution in [0.3, 0.4) is 0 Å². The van der Waals surface area contributed by atoms with E-state index in [1.807, 2.05) is 38.1 Å². The second-order valence-electron chi connectivity index (χ2n) is 4.72. The van der Waals surface area contributed by atoms with Crippen molar-refractivity contribution in [1.82, 2.24) is 9.97 Å². The molecule has 106 valence electrons. The molecule has 0 aliphatic heterocycles. The van der Waals surface area contributed by atoms with Gasteiger partial charge in [-0.05, 0) is 32.4 Å². The van der Waals surface area contributed by atoms with Crippen LogP contribution in [0.15, 0.2) is 24.3 Å². The van der Waals surface area contributed by atoms with Gasteiger partial charge in [0.1, 0.15) is 11.4 Å². The Labute approximate surface area is 120 Å². The fraction of sp³-hybridized carbons (Fsp3) is 0.375. The molecule has 0 atom stereocenters. The van der Waals surface area contributed by atoms with Crippen LogP contribution in [0.5, 0.6) is 5.75 Å². The van der Waals surface area contributed by atoms with Crippen LogP contribution in [0.2, 0.25) is 0 Å². The summed E-state index contributed by atoms with van der Waals surface area (Å²) in [6, 6.07) is 7.89. The highest BCUT2D eigenvalue weighted by Crippen LogP contribution is 2.32. The van der Waals surface area contributed by atoms with Gasteiger partial charge in [0.05, 0.1) is 18.5 Å². The van der Waals surface area contributed by atoms with Crippen LogP contribution in [0, 0.1) is 13.8 Å². The van der Waals surface area contributed by atoms with Crippen LogP contribution in [0.1, 0.15) is 24.7 Å². The van der Waals surface area contributed by atoms with Gasteiger partial charge in [-0.25, -0.2) is 9.97 Å². The summed E-state index contributed by atoms with van der Waals surface area (Å²) in [6.07, 6.45) is 1.04. The number of para-hydroxylation sites is 1. The minimum absolute atomic E-state index is 0.810. The van der Waals surface area contributed by atoms with Crippen molar-refractivity contribution in [2.45, 2.75) is 27.2 Å². The van der Waals surface area contributed by atoms with Crippen molar-refractivity contribution < 1.29 is 4.74 Å². The van der Waals surface area contributed by atoms with E-state index in [1.54, 1.807) is 7.11 Å². The Balaban J connectivity index is 2.56. The second kappa shape index (κ2) is 6.37. The summed E-state index contributed by atoms with van der Waals surface area (Å²) >= 11 is 0. The van der Waals surface area contributed by atoms with Crippen molar-refractivity contribution in [3.05, 3.63) is 35.7 Å². The molecule has 20 heavy (non-hydrogen) atoms. The quantitative estimate of drug-likeness (QED) is 0.902. The third-order valence-corrected chi connectivity index (χ3v) is 3.21. The van der Waals surface area contributed by atoms with Crippen molar-refractivity contribution in [2.24, 2.45) is 0 Å². The number of ether oxygens (including phenoxy) is 1. The lowest BCUT2D eigenvalue weighted by molar-refractivity contribution is 0.416. The summed E-state index contributed by atoms with van der Waals surface area (Å²) < 4.78 is 5.43. The Hall–Kier alpha value is -2.10. The van der Waals surface area contributed by atoms with Gasteiger partial charge in [-0.3, -0.25) is 0 Å². The molecule has 0 saturated heterocycles. The number of hydrogen-bond acceptors (Lipinski definition) is 4. The highest BCUT2D eigenvalue weighted by atomic mass is 16.5. The number of nitrogens with zero attached hydrogens (tertiary/aromatic N) is 2. The maximum absolute atomic E-state index is 5.43. The molecular weight excluding hydrogens is 250 g/mol. The minimum atomic E-state index is 0.810. The number of methoxy groups -OCH3 is 1. The third-order valence-electron chi connectivity index (χ3n) is 3.21. The smallest absolute Gasteiger partial charge is 0.153 e. The average Bonchev–Trinajstić information content (AvgIpc) is 2.48. The van der Waals surface area contributed by atoms with Crippen LogP contribution in [-0.2, 0) is 0 Å². The fourth-order valence-electron chi connectivity index (χ4n) is 2.00. The van der Waals surface area contributed by atoms with Crippen molar-refractivity contribution in [3.8, 4) is 17.0 Å². The molecule has 0 fully saturated rings. The molecule has 0 aliphatic carbocycles. The standard InChI is InChI=1S/C16H21N3O/c1-5-10-17-16-15(18-11(2)12(3)19-16)13-8-6-7-9-14(13)20-4/h6-9H,5,10H2,1-4H3,(H,17,19). The molecular formula is C16H21N3O. The highest BCUT2D eigenvalue weighted by Gasteiger charge is 2.14. The molecule has 1 N–H and O–H groups in total. The molecule has 0 amide bonds. The second-order valence-corrected chi connectivity index (χ2v) is 4.72. The molecule has 0 radical (unpaired) electrons. The maximum Gasteiger partial charge on any atom is 0.153 e. The van der Waals surface area contributed by atoms with E-state index in [4.69, 9.17) is 9.72 Å².